The van der Waals surface area contributed by atoms with Crippen LogP contribution in [0.2, 0.25) is 0 Å². The van der Waals surface area contributed by atoms with Gasteiger partial charge in [-0.1, -0.05) is 60.7 Å². The zero-order valence-corrected chi connectivity index (χ0v) is 13.1. The van der Waals surface area contributed by atoms with E-state index in [4.69, 9.17) is 0 Å². The van der Waals surface area contributed by atoms with Gasteiger partial charge in [0.2, 0.25) is 0 Å². The van der Waals surface area contributed by atoms with Gasteiger partial charge >= 0.3 is 0 Å². The van der Waals surface area contributed by atoms with Crippen molar-refractivity contribution < 1.29 is 25.2 Å². The molecule has 2 aromatic rings. The van der Waals surface area contributed by atoms with Crippen molar-refractivity contribution in [3.8, 4) is 0 Å². The number of carbonyl (C=O) groups excluding carboxylic acids is 1. The molecule has 0 radical (unpaired) electrons. The third kappa shape index (κ3) is 5.80. The third-order valence-corrected chi connectivity index (χ3v) is 2.94. The van der Waals surface area contributed by atoms with Crippen molar-refractivity contribution in [1.82, 2.24) is 4.90 Å². The fourth-order valence-corrected chi connectivity index (χ4v) is 2.17. The Balaban J connectivity index is 0.00000200. The summed E-state index contributed by atoms with van der Waals surface area (Å²) in [4.78, 5) is 13.6. The first-order valence-electron chi connectivity index (χ1n) is 6.53. The van der Waals surface area contributed by atoms with Crippen molar-refractivity contribution in [3.05, 3.63) is 71.8 Å². The molecule has 0 aromatic heterocycles. The number of hydrogen-bond donors (Lipinski definition) is 0. The van der Waals surface area contributed by atoms with E-state index in [0.29, 0.717) is 6.54 Å². The van der Waals surface area contributed by atoms with Crippen molar-refractivity contribution >= 4 is 5.78 Å². The number of ketones is 1. The molecule has 2 aromatic carbocycles. The summed E-state index contributed by atoms with van der Waals surface area (Å²) in [5.74, 6) is 0.201. The van der Waals surface area contributed by atoms with E-state index in [1.165, 1.54) is 11.1 Å². The van der Waals surface area contributed by atoms with E-state index >= 15 is 0 Å². The molecule has 20 heavy (non-hydrogen) atoms. The van der Waals surface area contributed by atoms with Crippen LogP contribution < -0.4 is 0 Å². The smallest absolute Gasteiger partial charge is 0.143 e. The predicted molar refractivity (Wildman–Crippen MR) is 77.7 cm³/mol. The molecule has 0 bridgehead atoms. The van der Waals surface area contributed by atoms with Crippen LogP contribution in [0.15, 0.2) is 60.7 Å². The van der Waals surface area contributed by atoms with Crippen LogP contribution in [0.1, 0.15) is 18.1 Å². The molecule has 0 saturated heterocycles. The van der Waals surface area contributed by atoms with Crippen LogP contribution in [0.4, 0.5) is 0 Å². The van der Waals surface area contributed by atoms with Gasteiger partial charge in [0.05, 0.1) is 6.54 Å². The Morgan fingerprint density at radius 1 is 0.850 bits per heavy atom. The molecule has 0 saturated carbocycles. The number of carbonyl (C=O) groups is 1. The minimum Gasteiger partial charge on any atom is -0.299 e. The standard InChI is InChI=1S/C17H19NO.Pd/c1-15(19)12-18(13-16-8-4-2-5-9-16)14-17-10-6-3-7-11-17;/h2-11H,12-14H2,1H3;. The maximum Gasteiger partial charge on any atom is 0.143 e. The predicted octanol–water partition coefficient (Wildman–Crippen LogP) is 3.28. The van der Waals surface area contributed by atoms with Crippen molar-refractivity contribution in [1.29, 1.82) is 0 Å². The molecular weight excluding hydrogens is 341 g/mol. The van der Waals surface area contributed by atoms with Gasteiger partial charge in [-0.3, -0.25) is 9.69 Å². The SMILES string of the molecule is CC(=O)CN(Cc1ccccc1)Cc1ccccc1.[Pd]. The Labute approximate surface area is 134 Å². The maximum atomic E-state index is 11.4. The van der Waals surface area contributed by atoms with Gasteiger partial charge in [-0.15, -0.1) is 0 Å². The molecule has 0 aliphatic carbocycles. The Bertz CT molecular complexity index is 472. The maximum absolute atomic E-state index is 11.4. The molecular formula is C17H19NOPd. The molecule has 0 N–H and O–H groups in total. The van der Waals surface area contributed by atoms with E-state index < -0.39 is 0 Å². The summed E-state index contributed by atoms with van der Waals surface area (Å²) < 4.78 is 0. The van der Waals surface area contributed by atoms with Crippen LogP contribution >= 0.6 is 0 Å². The summed E-state index contributed by atoms with van der Waals surface area (Å²) in [6.07, 6.45) is 0. The van der Waals surface area contributed by atoms with E-state index in [0.717, 1.165) is 13.1 Å². The fourth-order valence-electron chi connectivity index (χ4n) is 2.17. The van der Waals surface area contributed by atoms with Gasteiger partial charge in [-0.2, -0.15) is 0 Å². The van der Waals surface area contributed by atoms with Crippen LogP contribution in [-0.2, 0) is 38.3 Å². The summed E-state index contributed by atoms with van der Waals surface area (Å²) in [6.45, 7) is 3.73. The zero-order chi connectivity index (χ0) is 13.5. The molecule has 0 atom stereocenters. The van der Waals surface area contributed by atoms with Gasteiger partial charge < -0.3 is 0 Å². The second-order valence-electron chi connectivity index (χ2n) is 4.82. The van der Waals surface area contributed by atoms with E-state index in [-0.39, 0.29) is 26.2 Å². The van der Waals surface area contributed by atoms with Crippen molar-refractivity contribution in [2.24, 2.45) is 0 Å². The Morgan fingerprint density at radius 3 is 1.60 bits per heavy atom. The molecule has 0 heterocycles. The van der Waals surface area contributed by atoms with Crippen molar-refractivity contribution in [3.63, 3.8) is 0 Å². The molecule has 0 fully saturated rings. The monoisotopic (exact) mass is 359 g/mol. The molecule has 108 valence electrons. The number of Topliss-reactive ketones (excluding diaryl/α,β-unsaturated/α-hetero) is 1. The topological polar surface area (TPSA) is 20.3 Å². The Kier molecular flexibility index (Phi) is 7.40. The Hall–Kier alpha value is -1.27. The first kappa shape index (κ1) is 16.8. The number of nitrogens with zero attached hydrogens (tertiary/aromatic N) is 1. The molecule has 2 nitrogen and oxygen atoms in total. The van der Waals surface area contributed by atoms with E-state index in [1.807, 2.05) is 36.4 Å². The molecule has 0 aliphatic rings. The van der Waals surface area contributed by atoms with Gasteiger partial charge in [0, 0.05) is 33.5 Å². The minimum atomic E-state index is 0. The normalized spacial score (nSPS) is 10.1. The molecule has 0 amide bonds. The number of benzene rings is 2. The van der Waals surface area contributed by atoms with Crippen LogP contribution in [-0.4, -0.2) is 17.2 Å². The quantitative estimate of drug-likeness (QED) is 0.738. The van der Waals surface area contributed by atoms with Gasteiger partial charge in [-0.05, 0) is 18.1 Å². The average Bonchev–Trinajstić information content (AvgIpc) is 2.40. The zero-order valence-electron chi connectivity index (χ0n) is 11.6. The van der Waals surface area contributed by atoms with Crippen LogP contribution in [0.5, 0.6) is 0 Å². The number of hydrogen-bond acceptors (Lipinski definition) is 2. The average molecular weight is 360 g/mol. The van der Waals surface area contributed by atoms with Gasteiger partial charge in [0.1, 0.15) is 5.78 Å². The van der Waals surface area contributed by atoms with E-state index in [9.17, 15) is 4.79 Å². The summed E-state index contributed by atoms with van der Waals surface area (Å²) in [7, 11) is 0. The fraction of sp³-hybridized carbons (Fsp3) is 0.235. The van der Waals surface area contributed by atoms with Crippen LogP contribution in [0.25, 0.3) is 0 Å². The molecule has 0 unspecified atom stereocenters. The van der Waals surface area contributed by atoms with E-state index in [2.05, 4.69) is 29.2 Å². The number of rotatable bonds is 6. The molecule has 3 heteroatoms. The van der Waals surface area contributed by atoms with Gasteiger partial charge in [0.15, 0.2) is 0 Å². The minimum absolute atomic E-state index is 0. The third-order valence-electron chi connectivity index (χ3n) is 2.94. The summed E-state index contributed by atoms with van der Waals surface area (Å²) in [5.41, 5.74) is 2.47. The first-order valence-corrected chi connectivity index (χ1v) is 6.53. The van der Waals surface area contributed by atoms with Crippen molar-refractivity contribution in [2.75, 3.05) is 6.54 Å². The van der Waals surface area contributed by atoms with Gasteiger partial charge in [0.25, 0.3) is 0 Å². The van der Waals surface area contributed by atoms with Crippen LogP contribution in [0.3, 0.4) is 0 Å². The van der Waals surface area contributed by atoms with Gasteiger partial charge in [-0.25, -0.2) is 0 Å². The largest absolute Gasteiger partial charge is 0.299 e. The summed E-state index contributed by atoms with van der Waals surface area (Å²) >= 11 is 0. The Morgan fingerprint density at radius 2 is 1.25 bits per heavy atom. The molecule has 2 rings (SSSR count). The van der Waals surface area contributed by atoms with Crippen molar-refractivity contribution in [2.45, 2.75) is 20.0 Å². The summed E-state index contributed by atoms with van der Waals surface area (Å²) in [5, 5.41) is 0. The second-order valence-corrected chi connectivity index (χ2v) is 4.82. The van der Waals surface area contributed by atoms with E-state index in [1.54, 1.807) is 6.92 Å². The van der Waals surface area contributed by atoms with Crippen LogP contribution in [0, 0.1) is 0 Å². The molecule has 0 aliphatic heterocycles. The first-order chi connectivity index (χ1) is 9.24. The summed E-state index contributed by atoms with van der Waals surface area (Å²) in [6, 6.07) is 20.5. The second kappa shape index (κ2) is 8.81. The molecule has 0 spiro atoms.